The van der Waals surface area contributed by atoms with Crippen LogP contribution in [0.2, 0.25) is 0 Å². The summed E-state index contributed by atoms with van der Waals surface area (Å²) in [5, 5.41) is 10.3. The lowest BCUT2D eigenvalue weighted by molar-refractivity contribution is 0.0207. The van der Waals surface area contributed by atoms with Crippen molar-refractivity contribution in [1.82, 2.24) is 9.80 Å². The highest BCUT2D eigenvalue weighted by Crippen LogP contribution is 2.21. The minimum Gasteiger partial charge on any atom is -0.387 e. The molecule has 0 bridgehead atoms. The van der Waals surface area contributed by atoms with Crippen molar-refractivity contribution in [2.24, 2.45) is 0 Å². The molecule has 0 aromatic heterocycles. The van der Waals surface area contributed by atoms with E-state index in [0.29, 0.717) is 12.6 Å². The van der Waals surface area contributed by atoms with Gasteiger partial charge < -0.3 is 9.84 Å². The van der Waals surface area contributed by atoms with Gasteiger partial charge in [-0.2, -0.15) is 0 Å². The lowest BCUT2D eigenvalue weighted by Crippen LogP contribution is -2.54. The predicted molar refractivity (Wildman–Crippen MR) is 89.9 cm³/mol. The molecule has 2 unspecified atom stereocenters. The molecule has 6 heteroatoms. The Hall–Kier alpha value is -1.08. The Labute approximate surface area is 143 Å². The summed E-state index contributed by atoms with van der Waals surface area (Å²) < 4.78 is 32.2. The van der Waals surface area contributed by atoms with E-state index in [4.69, 9.17) is 4.74 Å². The Bertz CT molecular complexity index is 516. The first-order valence-corrected chi connectivity index (χ1v) is 8.72. The molecule has 2 atom stereocenters. The van der Waals surface area contributed by atoms with E-state index in [-0.39, 0.29) is 5.56 Å². The van der Waals surface area contributed by atoms with E-state index >= 15 is 0 Å². The number of aliphatic hydroxyl groups excluding tert-OH is 1. The third kappa shape index (κ3) is 5.21. The topological polar surface area (TPSA) is 35.9 Å². The van der Waals surface area contributed by atoms with E-state index in [1.807, 2.05) is 6.92 Å². The summed E-state index contributed by atoms with van der Waals surface area (Å²) in [6.45, 7) is 9.44. The lowest BCUT2D eigenvalue weighted by Gasteiger charge is -2.41. The molecule has 4 nitrogen and oxygen atoms in total. The second kappa shape index (κ2) is 9.42. The number of rotatable bonds is 8. The molecule has 2 rings (SSSR count). The van der Waals surface area contributed by atoms with Crippen molar-refractivity contribution in [3.63, 3.8) is 0 Å². The minimum atomic E-state index is -0.946. The van der Waals surface area contributed by atoms with Crippen molar-refractivity contribution >= 4 is 0 Å². The zero-order chi connectivity index (χ0) is 17.5. The maximum absolute atomic E-state index is 13.8. The highest BCUT2D eigenvalue weighted by Gasteiger charge is 2.27. The molecular formula is C18H28F2N2O2. The molecule has 1 aromatic rings. The maximum Gasteiger partial charge on any atom is 0.131 e. The zero-order valence-electron chi connectivity index (χ0n) is 14.5. The molecule has 136 valence electrons. The predicted octanol–water partition coefficient (Wildman–Crippen LogP) is 2.43. The Kier molecular flexibility index (Phi) is 7.55. The standard InChI is InChI=1S/C18H28F2N2O2/c1-3-15-12-21(7-8-22(15)9-10-24-4-2)13-18(23)16-6-5-14(19)11-17(16)20/h5-6,11,15,18,23H,3-4,7-10,12-13H2,1-2H3. The number of hydrogen-bond donors (Lipinski definition) is 1. The zero-order valence-corrected chi connectivity index (χ0v) is 14.5. The molecule has 1 aliphatic heterocycles. The molecule has 0 saturated carbocycles. The van der Waals surface area contributed by atoms with Crippen LogP contribution in [-0.2, 0) is 4.74 Å². The Morgan fingerprint density at radius 3 is 2.75 bits per heavy atom. The number of benzene rings is 1. The van der Waals surface area contributed by atoms with Gasteiger partial charge in [0.15, 0.2) is 0 Å². The van der Waals surface area contributed by atoms with Gasteiger partial charge >= 0.3 is 0 Å². The highest BCUT2D eigenvalue weighted by atomic mass is 19.1. The summed E-state index contributed by atoms with van der Waals surface area (Å²) in [6, 6.07) is 3.73. The van der Waals surface area contributed by atoms with E-state index < -0.39 is 17.7 Å². The number of halogens is 2. The summed E-state index contributed by atoms with van der Waals surface area (Å²) >= 11 is 0. The first kappa shape index (κ1) is 19.2. The first-order valence-electron chi connectivity index (χ1n) is 8.72. The first-order chi connectivity index (χ1) is 11.5. The molecule has 1 fully saturated rings. The summed E-state index contributed by atoms with van der Waals surface area (Å²) in [4.78, 5) is 4.57. The molecule has 0 aliphatic carbocycles. The van der Waals surface area contributed by atoms with Crippen molar-refractivity contribution in [3.05, 3.63) is 35.4 Å². The Morgan fingerprint density at radius 1 is 1.29 bits per heavy atom. The normalized spacial score (nSPS) is 21.1. The van der Waals surface area contributed by atoms with Gasteiger partial charge in [-0.3, -0.25) is 9.80 Å². The van der Waals surface area contributed by atoms with Crippen LogP contribution in [0.4, 0.5) is 8.78 Å². The van der Waals surface area contributed by atoms with Gasteiger partial charge in [-0.05, 0) is 19.4 Å². The van der Waals surface area contributed by atoms with Gasteiger partial charge in [0.05, 0.1) is 12.7 Å². The SMILES string of the molecule is CCOCCN1CCN(CC(O)c2ccc(F)cc2F)CC1CC. The summed E-state index contributed by atoms with van der Waals surface area (Å²) in [7, 11) is 0. The van der Waals surface area contributed by atoms with E-state index in [1.165, 1.54) is 12.1 Å². The molecule has 1 aromatic carbocycles. The van der Waals surface area contributed by atoms with E-state index in [1.54, 1.807) is 0 Å². The maximum atomic E-state index is 13.8. The monoisotopic (exact) mass is 342 g/mol. The van der Waals surface area contributed by atoms with Gasteiger partial charge in [0, 0.05) is 57.0 Å². The molecule has 1 N–H and O–H groups in total. The second-order valence-corrected chi connectivity index (χ2v) is 6.24. The van der Waals surface area contributed by atoms with Crippen molar-refractivity contribution < 1.29 is 18.6 Å². The fraction of sp³-hybridized carbons (Fsp3) is 0.667. The third-order valence-corrected chi connectivity index (χ3v) is 4.64. The number of aliphatic hydroxyl groups is 1. The molecule has 1 aliphatic rings. The number of ether oxygens (including phenoxy) is 1. The third-order valence-electron chi connectivity index (χ3n) is 4.64. The molecule has 0 spiro atoms. The van der Waals surface area contributed by atoms with E-state index in [0.717, 1.165) is 51.9 Å². The quantitative estimate of drug-likeness (QED) is 0.736. The van der Waals surface area contributed by atoms with Crippen LogP contribution in [0.5, 0.6) is 0 Å². The molecule has 24 heavy (non-hydrogen) atoms. The fourth-order valence-electron chi connectivity index (χ4n) is 3.25. The van der Waals surface area contributed by atoms with Crippen LogP contribution in [0.1, 0.15) is 31.9 Å². The van der Waals surface area contributed by atoms with Gasteiger partial charge in [0.1, 0.15) is 11.6 Å². The summed E-state index contributed by atoms with van der Waals surface area (Å²) in [6.07, 6.45) is 0.0713. The number of piperazine rings is 1. The van der Waals surface area contributed by atoms with Gasteiger partial charge in [0.2, 0.25) is 0 Å². The molecule has 1 saturated heterocycles. The van der Waals surface area contributed by atoms with Crippen LogP contribution in [-0.4, -0.2) is 66.9 Å². The Morgan fingerprint density at radius 2 is 2.08 bits per heavy atom. The number of nitrogens with zero attached hydrogens (tertiary/aromatic N) is 2. The Balaban J connectivity index is 1.89. The van der Waals surface area contributed by atoms with Crippen LogP contribution in [0.15, 0.2) is 18.2 Å². The van der Waals surface area contributed by atoms with Crippen molar-refractivity contribution in [2.45, 2.75) is 32.4 Å². The average Bonchev–Trinajstić information content (AvgIpc) is 2.56. The number of hydrogen-bond acceptors (Lipinski definition) is 4. The van der Waals surface area contributed by atoms with Crippen molar-refractivity contribution in [2.75, 3.05) is 45.9 Å². The van der Waals surface area contributed by atoms with Gasteiger partial charge in [-0.1, -0.05) is 13.0 Å². The fourth-order valence-corrected chi connectivity index (χ4v) is 3.25. The van der Waals surface area contributed by atoms with Crippen LogP contribution in [0, 0.1) is 11.6 Å². The second-order valence-electron chi connectivity index (χ2n) is 6.24. The van der Waals surface area contributed by atoms with Gasteiger partial charge in [-0.25, -0.2) is 8.78 Å². The van der Waals surface area contributed by atoms with Crippen LogP contribution in [0.3, 0.4) is 0 Å². The van der Waals surface area contributed by atoms with Crippen LogP contribution < -0.4 is 0 Å². The minimum absolute atomic E-state index is 0.156. The van der Waals surface area contributed by atoms with Gasteiger partial charge in [-0.15, -0.1) is 0 Å². The van der Waals surface area contributed by atoms with E-state index in [2.05, 4.69) is 16.7 Å². The largest absolute Gasteiger partial charge is 0.387 e. The highest BCUT2D eigenvalue weighted by molar-refractivity contribution is 5.21. The smallest absolute Gasteiger partial charge is 0.131 e. The molecule has 1 heterocycles. The molecular weight excluding hydrogens is 314 g/mol. The van der Waals surface area contributed by atoms with Crippen LogP contribution >= 0.6 is 0 Å². The summed E-state index contributed by atoms with van der Waals surface area (Å²) in [5.74, 6) is -1.32. The van der Waals surface area contributed by atoms with Gasteiger partial charge in [0.25, 0.3) is 0 Å². The van der Waals surface area contributed by atoms with Crippen molar-refractivity contribution in [1.29, 1.82) is 0 Å². The molecule has 0 amide bonds. The lowest BCUT2D eigenvalue weighted by atomic mass is 10.1. The van der Waals surface area contributed by atoms with Crippen LogP contribution in [0.25, 0.3) is 0 Å². The molecule has 0 radical (unpaired) electrons. The average molecular weight is 342 g/mol. The summed E-state index contributed by atoms with van der Waals surface area (Å²) in [5.41, 5.74) is 0.156. The van der Waals surface area contributed by atoms with Crippen molar-refractivity contribution in [3.8, 4) is 0 Å². The number of β-amino-alcohol motifs (C(OH)–C–C–N with tert-alkyl or cyclic N) is 1. The van der Waals surface area contributed by atoms with E-state index in [9.17, 15) is 13.9 Å².